The Bertz CT molecular complexity index is 750. The molecule has 28 heavy (non-hydrogen) atoms. The van der Waals surface area contributed by atoms with Crippen molar-refractivity contribution in [2.45, 2.75) is 50.5 Å². The van der Waals surface area contributed by atoms with E-state index in [1.807, 2.05) is 7.05 Å². The van der Waals surface area contributed by atoms with Crippen LogP contribution in [0.5, 0.6) is 0 Å². The van der Waals surface area contributed by atoms with Crippen molar-refractivity contribution >= 4 is 22.0 Å². The van der Waals surface area contributed by atoms with Gasteiger partial charge < -0.3 is 10.2 Å². The maximum atomic E-state index is 12.8. The summed E-state index contributed by atoms with van der Waals surface area (Å²) in [6.07, 6.45) is 7.19. The highest BCUT2D eigenvalue weighted by Crippen LogP contribution is 2.20. The van der Waals surface area contributed by atoms with Gasteiger partial charge in [0.1, 0.15) is 0 Å². The van der Waals surface area contributed by atoms with Crippen LogP contribution in [0.4, 0.5) is 0 Å². The maximum absolute atomic E-state index is 12.8. The molecule has 156 valence electrons. The summed E-state index contributed by atoms with van der Waals surface area (Å²) in [5, 5.41) is 2.85. The zero-order valence-electron chi connectivity index (χ0n) is 17.2. The number of carbonyl (C=O) groups excluding carboxylic acids is 1. The number of hydrogen-bond acceptors (Lipinski definition) is 4. The van der Waals surface area contributed by atoms with Gasteiger partial charge in [-0.05, 0) is 57.5 Å². The fourth-order valence-corrected chi connectivity index (χ4v) is 4.54. The Morgan fingerprint density at radius 2 is 1.75 bits per heavy atom. The second-order valence-corrected chi connectivity index (χ2v) is 9.52. The van der Waals surface area contributed by atoms with E-state index < -0.39 is 10.0 Å². The predicted octanol–water partition coefficient (Wildman–Crippen LogP) is 2.72. The van der Waals surface area contributed by atoms with Crippen LogP contribution in [0, 0.1) is 0 Å². The summed E-state index contributed by atoms with van der Waals surface area (Å²) in [5.74, 6) is -0.154. The van der Waals surface area contributed by atoms with Crippen molar-refractivity contribution in [1.29, 1.82) is 0 Å². The standard InChI is InChI=1S/C21H33N3O3S/c1-18(2)23(3)17-14-22-21(25)13-10-19-8-11-20(12-9-19)28(26,27)24-15-6-4-5-7-16-24/h8-13,18H,4-7,14-17H2,1-3H3,(H,22,25)/b13-10+. The molecular weight excluding hydrogens is 374 g/mol. The van der Waals surface area contributed by atoms with Gasteiger partial charge in [-0.25, -0.2) is 8.42 Å². The molecule has 1 amide bonds. The summed E-state index contributed by atoms with van der Waals surface area (Å²) >= 11 is 0. The number of carbonyl (C=O) groups is 1. The Balaban J connectivity index is 1.91. The van der Waals surface area contributed by atoms with Gasteiger partial charge in [0.05, 0.1) is 4.90 Å². The van der Waals surface area contributed by atoms with Gasteiger partial charge in [0.2, 0.25) is 15.9 Å². The second kappa shape index (κ2) is 10.7. The van der Waals surface area contributed by atoms with Gasteiger partial charge in [-0.3, -0.25) is 4.79 Å². The Hall–Kier alpha value is -1.70. The van der Waals surface area contributed by atoms with Gasteiger partial charge in [0.25, 0.3) is 0 Å². The number of nitrogens with one attached hydrogen (secondary N) is 1. The zero-order valence-corrected chi connectivity index (χ0v) is 18.0. The van der Waals surface area contributed by atoms with Gasteiger partial charge in [-0.2, -0.15) is 4.31 Å². The van der Waals surface area contributed by atoms with Crippen LogP contribution in [0.1, 0.15) is 45.1 Å². The quantitative estimate of drug-likeness (QED) is 0.673. The Kier molecular flexibility index (Phi) is 8.66. The van der Waals surface area contributed by atoms with E-state index in [1.165, 1.54) is 6.08 Å². The highest BCUT2D eigenvalue weighted by Gasteiger charge is 2.24. The number of likely N-dealkylation sites (N-methyl/N-ethyl adjacent to an activating group) is 1. The summed E-state index contributed by atoms with van der Waals surface area (Å²) in [5.41, 5.74) is 0.796. The Morgan fingerprint density at radius 3 is 2.32 bits per heavy atom. The summed E-state index contributed by atoms with van der Waals surface area (Å²) in [6.45, 7) is 6.79. The third-order valence-electron chi connectivity index (χ3n) is 5.16. The summed E-state index contributed by atoms with van der Waals surface area (Å²) in [7, 11) is -1.41. The van der Waals surface area contributed by atoms with Gasteiger partial charge >= 0.3 is 0 Å². The van der Waals surface area contributed by atoms with Crippen LogP contribution in [0.15, 0.2) is 35.2 Å². The van der Waals surface area contributed by atoms with Crippen molar-refractivity contribution in [2.24, 2.45) is 0 Å². The summed E-state index contributed by atoms with van der Waals surface area (Å²) in [4.78, 5) is 14.4. The number of benzene rings is 1. The molecule has 1 aliphatic rings. The van der Waals surface area contributed by atoms with Crippen LogP contribution < -0.4 is 5.32 Å². The largest absolute Gasteiger partial charge is 0.351 e. The van der Waals surface area contributed by atoms with Gasteiger partial charge in [-0.15, -0.1) is 0 Å². The molecule has 0 radical (unpaired) electrons. The highest BCUT2D eigenvalue weighted by molar-refractivity contribution is 7.89. The minimum atomic E-state index is -3.44. The molecule has 0 atom stereocenters. The van der Waals surface area contributed by atoms with E-state index >= 15 is 0 Å². The van der Waals surface area contributed by atoms with Gasteiger partial charge in [0, 0.05) is 38.3 Å². The summed E-state index contributed by atoms with van der Waals surface area (Å²) in [6, 6.07) is 7.16. The molecule has 7 heteroatoms. The average Bonchev–Trinajstić information content (AvgIpc) is 2.96. The molecule has 0 aromatic heterocycles. The minimum Gasteiger partial charge on any atom is -0.351 e. The van der Waals surface area contributed by atoms with Crippen LogP contribution in [-0.4, -0.2) is 62.8 Å². The van der Waals surface area contributed by atoms with Crippen molar-refractivity contribution in [3.05, 3.63) is 35.9 Å². The smallest absolute Gasteiger partial charge is 0.244 e. The molecule has 0 saturated carbocycles. The topological polar surface area (TPSA) is 69.7 Å². The van der Waals surface area contributed by atoms with Crippen LogP contribution in [0.25, 0.3) is 6.08 Å². The normalized spacial score (nSPS) is 16.6. The molecule has 0 unspecified atom stereocenters. The van der Waals surface area contributed by atoms with Crippen molar-refractivity contribution in [2.75, 3.05) is 33.2 Å². The highest BCUT2D eigenvalue weighted by atomic mass is 32.2. The van der Waals surface area contributed by atoms with Gasteiger partial charge in [-0.1, -0.05) is 25.0 Å². The molecular formula is C21H33N3O3S. The third kappa shape index (κ3) is 6.72. The predicted molar refractivity (Wildman–Crippen MR) is 113 cm³/mol. The molecule has 1 fully saturated rings. The third-order valence-corrected chi connectivity index (χ3v) is 7.07. The first-order valence-electron chi connectivity index (χ1n) is 10.1. The molecule has 1 aromatic rings. The fraction of sp³-hybridized carbons (Fsp3) is 0.571. The van der Waals surface area contributed by atoms with Crippen molar-refractivity contribution in [1.82, 2.24) is 14.5 Å². The fourth-order valence-electron chi connectivity index (χ4n) is 3.03. The molecule has 0 aliphatic carbocycles. The number of hydrogen-bond donors (Lipinski definition) is 1. The number of rotatable bonds is 8. The van der Waals surface area contributed by atoms with Crippen LogP contribution in [0.2, 0.25) is 0 Å². The first kappa shape index (κ1) is 22.6. The maximum Gasteiger partial charge on any atom is 0.244 e. The number of sulfonamides is 1. The summed E-state index contributed by atoms with van der Waals surface area (Å²) < 4.78 is 27.1. The van der Waals surface area contributed by atoms with Gasteiger partial charge in [0.15, 0.2) is 0 Å². The lowest BCUT2D eigenvalue weighted by Crippen LogP contribution is -2.35. The molecule has 1 saturated heterocycles. The Labute approximate surface area is 169 Å². The number of amides is 1. The van der Waals surface area contributed by atoms with Crippen molar-refractivity contribution in [3.8, 4) is 0 Å². The molecule has 0 spiro atoms. The van der Waals surface area contributed by atoms with E-state index in [0.29, 0.717) is 30.6 Å². The second-order valence-electron chi connectivity index (χ2n) is 7.59. The first-order chi connectivity index (χ1) is 13.3. The van der Waals surface area contributed by atoms with Crippen LogP contribution in [-0.2, 0) is 14.8 Å². The van der Waals surface area contributed by atoms with E-state index in [9.17, 15) is 13.2 Å². The lowest BCUT2D eigenvalue weighted by Gasteiger charge is -2.20. The lowest BCUT2D eigenvalue weighted by atomic mass is 10.2. The van der Waals surface area contributed by atoms with E-state index in [2.05, 4.69) is 24.1 Å². The minimum absolute atomic E-state index is 0.154. The van der Waals surface area contributed by atoms with Crippen molar-refractivity contribution < 1.29 is 13.2 Å². The molecule has 0 bridgehead atoms. The van der Waals surface area contributed by atoms with Crippen LogP contribution in [0.3, 0.4) is 0 Å². The van der Waals surface area contributed by atoms with E-state index in [1.54, 1.807) is 34.6 Å². The van der Waals surface area contributed by atoms with E-state index in [4.69, 9.17) is 0 Å². The first-order valence-corrected chi connectivity index (χ1v) is 11.5. The Morgan fingerprint density at radius 1 is 1.14 bits per heavy atom. The molecule has 2 rings (SSSR count). The van der Waals surface area contributed by atoms with Crippen molar-refractivity contribution in [3.63, 3.8) is 0 Å². The van der Waals surface area contributed by atoms with Crippen LogP contribution >= 0.6 is 0 Å². The van der Waals surface area contributed by atoms with E-state index in [0.717, 1.165) is 37.8 Å². The lowest BCUT2D eigenvalue weighted by molar-refractivity contribution is -0.116. The zero-order chi connectivity index (χ0) is 20.6. The molecule has 1 heterocycles. The van der Waals surface area contributed by atoms with E-state index in [-0.39, 0.29) is 5.91 Å². The SMILES string of the molecule is CC(C)N(C)CCNC(=O)/C=C/c1ccc(S(=O)(=O)N2CCCCCC2)cc1. The molecule has 1 N–H and O–H groups in total. The molecule has 1 aliphatic heterocycles. The monoisotopic (exact) mass is 407 g/mol. The number of nitrogens with zero attached hydrogens (tertiary/aromatic N) is 2. The molecule has 6 nitrogen and oxygen atoms in total. The average molecular weight is 408 g/mol. The molecule has 1 aromatic carbocycles.